The van der Waals surface area contributed by atoms with Crippen molar-refractivity contribution in [3.63, 3.8) is 0 Å². The topological polar surface area (TPSA) is 177 Å². The van der Waals surface area contributed by atoms with E-state index in [1.165, 1.54) is 6.92 Å². The number of alkyl carbamates (subject to hydrolysis) is 1. The van der Waals surface area contributed by atoms with Gasteiger partial charge in [0.05, 0.1) is 24.9 Å². The van der Waals surface area contributed by atoms with Crippen LogP contribution in [0.5, 0.6) is 0 Å². The smallest absolute Gasteiger partial charge is 0.407 e. The van der Waals surface area contributed by atoms with Crippen LogP contribution in [0.3, 0.4) is 0 Å². The number of benzene rings is 1. The Morgan fingerprint density at radius 1 is 1.02 bits per heavy atom. The monoisotopic (exact) mass is 660 g/mol. The molecule has 5 unspecified atom stereocenters. The zero-order valence-corrected chi connectivity index (χ0v) is 28.2. The van der Waals surface area contributed by atoms with Crippen molar-refractivity contribution in [1.29, 1.82) is 0 Å². The Hall–Kier alpha value is -3.26. The zero-order valence-electron chi connectivity index (χ0n) is 28.2. The van der Waals surface area contributed by atoms with Gasteiger partial charge in [-0.05, 0) is 38.6 Å². The molecule has 3 heterocycles. The molecule has 11 atom stereocenters. The average Bonchev–Trinajstić information content (AvgIpc) is 3.01. The normalized spacial score (nSPS) is 33.9. The Kier molecular flexibility index (Phi) is 12.6. The van der Waals surface area contributed by atoms with Gasteiger partial charge in [0.1, 0.15) is 23.9 Å². The number of amides is 1. The summed E-state index contributed by atoms with van der Waals surface area (Å²) in [6.07, 6.45) is -5.52. The fourth-order valence-corrected chi connectivity index (χ4v) is 6.33. The molecule has 1 aromatic rings. The van der Waals surface area contributed by atoms with Crippen molar-refractivity contribution in [2.45, 2.75) is 116 Å². The first-order chi connectivity index (χ1) is 22.3. The highest BCUT2D eigenvalue weighted by molar-refractivity contribution is 5.84. The third-order valence-corrected chi connectivity index (χ3v) is 8.76. The molecule has 0 bridgehead atoms. The minimum absolute atomic E-state index is 0.0422. The van der Waals surface area contributed by atoms with Crippen LogP contribution < -0.4 is 5.32 Å². The van der Waals surface area contributed by atoms with E-state index in [-0.39, 0.29) is 49.3 Å². The van der Waals surface area contributed by atoms with E-state index in [0.29, 0.717) is 13.0 Å². The van der Waals surface area contributed by atoms with E-state index in [1.807, 2.05) is 51.1 Å². The van der Waals surface area contributed by atoms with Crippen LogP contribution >= 0.6 is 0 Å². The van der Waals surface area contributed by atoms with Crippen LogP contribution in [-0.4, -0.2) is 86.1 Å². The van der Waals surface area contributed by atoms with Crippen molar-refractivity contribution < 1.29 is 47.5 Å². The van der Waals surface area contributed by atoms with Crippen LogP contribution in [0.1, 0.15) is 73.2 Å². The predicted molar refractivity (Wildman–Crippen MR) is 168 cm³/mol. The van der Waals surface area contributed by atoms with Gasteiger partial charge in [-0.25, -0.2) is 4.79 Å². The second kappa shape index (κ2) is 16.2. The van der Waals surface area contributed by atoms with Gasteiger partial charge in [-0.1, -0.05) is 56.2 Å². The first-order valence-electron chi connectivity index (χ1n) is 16.2. The number of ketones is 1. The van der Waals surface area contributed by atoms with E-state index in [0.717, 1.165) is 5.56 Å². The Labute approximate surface area is 275 Å². The van der Waals surface area contributed by atoms with Crippen molar-refractivity contribution in [2.24, 2.45) is 22.9 Å². The van der Waals surface area contributed by atoms with Crippen LogP contribution in [0.2, 0.25) is 0 Å². The molecule has 47 heavy (non-hydrogen) atoms. The molecule has 3 aliphatic rings. The summed E-state index contributed by atoms with van der Waals surface area (Å²) in [5.41, 5.74) is 9.42. The fourth-order valence-electron chi connectivity index (χ4n) is 6.33. The number of nitrogens with one attached hydrogen (secondary N) is 1. The van der Waals surface area contributed by atoms with Gasteiger partial charge >= 0.3 is 12.1 Å². The van der Waals surface area contributed by atoms with Crippen LogP contribution in [0.15, 0.2) is 35.4 Å². The number of hydrogen-bond acceptors (Lipinski definition) is 11. The number of carbonyl (C=O) groups is 3. The fraction of sp³-hybridized carbons (Fsp3) is 0.727. The highest BCUT2D eigenvalue weighted by Gasteiger charge is 2.51. The molecule has 260 valence electrons. The molecule has 0 spiro atoms. The minimum atomic E-state index is -1.15. The maximum Gasteiger partial charge on any atom is 0.407 e. The zero-order chi connectivity index (χ0) is 34.3. The Balaban J connectivity index is 1.46. The molecule has 3 aliphatic heterocycles. The Morgan fingerprint density at radius 3 is 2.40 bits per heavy atom. The second-order valence-electron chi connectivity index (χ2n) is 13.5. The SMILES string of the molecule is CC(=O)OC1[C@H](N=[N+]=[N-])OC(C(=O)C[C@@H]2OC3COC(c4ccccc4)O[C@@H]3[C@H](C)C2OCCCNC(=O)OC(C)(C)C)[C@@H](C)[C@@H]1C. The van der Waals surface area contributed by atoms with E-state index in [2.05, 4.69) is 15.3 Å². The number of nitrogens with zero attached hydrogens (tertiary/aromatic N) is 3. The predicted octanol–water partition coefficient (Wildman–Crippen LogP) is 5.00. The first kappa shape index (κ1) is 36.6. The van der Waals surface area contributed by atoms with Crippen molar-refractivity contribution in [3.8, 4) is 0 Å². The number of fused-ring (bicyclic) bond motifs is 1. The first-order valence-corrected chi connectivity index (χ1v) is 16.2. The molecule has 4 rings (SSSR count). The number of rotatable bonds is 11. The van der Waals surface area contributed by atoms with E-state index < -0.39 is 60.7 Å². The number of carbonyl (C=O) groups excluding carboxylic acids is 3. The standard InChI is InChI=1S/C33H48N4O10/c1-18-19(2)29(43-21(4)38)30(36-37-34)45-26(18)23(39)16-24-27(41-15-11-14-35-32(40)47-33(5,6)7)20(3)28-25(44-24)17-42-31(46-28)22-12-9-8-10-13-22/h8-10,12-13,18-20,24-31H,11,14-17H2,1-7H3,(H,35,40)/t18-,19-,20+,24-,25?,26?,27?,28+,29?,30+,31?/m0/s1. The third kappa shape index (κ3) is 9.65. The Morgan fingerprint density at radius 2 is 1.74 bits per heavy atom. The van der Waals surface area contributed by atoms with Crippen LogP contribution in [0, 0.1) is 17.8 Å². The van der Waals surface area contributed by atoms with E-state index >= 15 is 0 Å². The van der Waals surface area contributed by atoms with Gasteiger partial charge in [0, 0.05) is 48.8 Å². The molecule has 14 heteroatoms. The third-order valence-electron chi connectivity index (χ3n) is 8.76. The molecular formula is C33H48N4O10. The molecule has 3 saturated heterocycles. The lowest BCUT2D eigenvalue weighted by molar-refractivity contribution is -0.321. The molecule has 0 aliphatic carbocycles. The number of esters is 1. The highest BCUT2D eigenvalue weighted by atomic mass is 16.7. The van der Waals surface area contributed by atoms with Crippen molar-refractivity contribution in [3.05, 3.63) is 46.3 Å². The molecule has 1 amide bonds. The molecule has 3 fully saturated rings. The average molecular weight is 661 g/mol. The summed E-state index contributed by atoms with van der Waals surface area (Å²) in [4.78, 5) is 40.5. The van der Waals surface area contributed by atoms with Gasteiger partial charge in [0.15, 0.2) is 18.3 Å². The summed E-state index contributed by atoms with van der Waals surface area (Å²) >= 11 is 0. The van der Waals surface area contributed by atoms with Crippen molar-refractivity contribution in [2.75, 3.05) is 19.8 Å². The van der Waals surface area contributed by atoms with Crippen molar-refractivity contribution >= 4 is 17.8 Å². The van der Waals surface area contributed by atoms with E-state index in [9.17, 15) is 14.4 Å². The van der Waals surface area contributed by atoms with Gasteiger partial charge in [-0.3, -0.25) is 9.59 Å². The van der Waals surface area contributed by atoms with Gasteiger partial charge in [-0.2, -0.15) is 0 Å². The van der Waals surface area contributed by atoms with Crippen molar-refractivity contribution in [1.82, 2.24) is 5.32 Å². The van der Waals surface area contributed by atoms with E-state index in [1.54, 1.807) is 20.8 Å². The minimum Gasteiger partial charge on any atom is -0.459 e. The maximum absolute atomic E-state index is 13.9. The number of Topliss-reactive ketones (excluding diaryl/α,β-unsaturated/α-hetero) is 1. The van der Waals surface area contributed by atoms with Gasteiger partial charge < -0.3 is 38.5 Å². The molecule has 0 radical (unpaired) electrons. The number of hydrogen-bond donors (Lipinski definition) is 1. The van der Waals surface area contributed by atoms with E-state index in [4.69, 9.17) is 38.7 Å². The van der Waals surface area contributed by atoms with Crippen LogP contribution in [-0.2, 0) is 42.7 Å². The lowest BCUT2D eigenvalue weighted by Crippen LogP contribution is -2.60. The van der Waals surface area contributed by atoms with Gasteiger partial charge in [-0.15, -0.1) is 0 Å². The maximum atomic E-state index is 13.9. The Bertz CT molecular complexity index is 1270. The molecule has 0 saturated carbocycles. The van der Waals surface area contributed by atoms with Crippen LogP contribution in [0.4, 0.5) is 4.79 Å². The molecule has 1 N–H and O–H groups in total. The second-order valence-corrected chi connectivity index (χ2v) is 13.5. The summed E-state index contributed by atoms with van der Waals surface area (Å²) in [6.45, 7) is 13.2. The molecule has 1 aromatic carbocycles. The lowest BCUT2D eigenvalue weighted by atomic mass is 9.79. The summed E-state index contributed by atoms with van der Waals surface area (Å²) in [5, 5.41) is 6.42. The lowest BCUT2D eigenvalue weighted by Gasteiger charge is -2.49. The quantitative estimate of drug-likeness (QED) is 0.112. The molecule has 14 nitrogen and oxygen atoms in total. The number of azide groups is 1. The summed E-state index contributed by atoms with van der Waals surface area (Å²) in [6, 6.07) is 9.64. The molecule has 0 aromatic heterocycles. The van der Waals surface area contributed by atoms with Gasteiger partial charge in [0.25, 0.3) is 0 Å². The summed E-state index contributed by atoms with van der Waals surface area (Å²) < 4.78 is 42.0. The van der Waals surface area contributed by atoms with Gasteiger partial charge in [0.2, 0.25) is 0 Å². The largest absolute Gasteiger partial charge is 0.459 e. The van der Waals surface area contributed by atoms with Crippen LogP contribution in [0.25, 0.3) is 10.4 Å². The molecular weight excluding hydrogens is 612 g/mol. The number of ether oxygens (including phenoxy) is 7. The summed E-state index contributed by atoms with van der Waals surface area (Å²) in [5.74, 6) is -1.65. The summed E-state index contributed by atoms with van der Waals surface area (Å²) in [7, 11) is 0. The highest BCUT2D eigenvalue weighted by Crippen LogP contribution is 2.40.